The molecule has 0 aromatic carbocycles. The number of rotatable bonds is 5. The van der Waals surface area contributed by atoms with Gasteiger partial charge < -0.3 is 10.6 Å². The van der Waals surface area contributed by atoms with Crippen LogP contribution < -0.4 is 10.6 Å². The minimum absolute atomic E-state index is 0.0911. The molecule has 1 saturated heterocycles. The molecule has 1 aliphatic heterocycles. The molecule has 0 bridgehead atoms. The molecule has 5 nitrogen and oxygen atoms in total. The number of piperidine rings is 1. The fourth-order valence-electron chi connectivity index (χ4n) is 2.80. The lowest BCUT2D eigenvalue weighted by Crippen LogP contribution is -2.35. The molecule has 0 aliphatic carbocycles. The highest BCUT2D eigenvalue weighted by molar-refractivity contribution is 7.09. The Bertz CT molecular complexity index is 601. The monoisotopic (exact) mass is 318 g/mol. The summed E-state index contributed by atoms with van der Waals surface area (Å²) in [6.07, 6.45) is 5.04. The van der Waals surface area contributed by atoms with Gasteiger partial charge in [0.15, 0.2) is 0 Å². The number of thiophene rings is 1. The fraction of sp³-hybridized carbons (Fsp3) is 0.500. The minimum Gasteiger partial charge on any atom is -0.348 e. The van der Waals surface area contributed by atoms with E-state index in [-0.39, 0.29) is 11.9 Å². The number of nitrogens with one attached hydrogen (secondary N) is 2. The van der Waals surface area contributed by atoms with E-state index in [1.165, 1.54) is 4.88 Å². The van der Waals surface area contributed by atoms with E-state index in [1.807, 2.05) is 29.9 Å². The molecule has 0 spiro atoms. The van der Waals surface area contributed by atoms with E-state index < -0.39 is 0 Å². The Labute approximate surface area is 134 Å². The van der Waals surface area contributed by atoms with E-state index in [4.69, 9.17) is 0 Å². The van der Waals surface area contributed by atoms with Crippen LogP contribution in [0.5, 0.6) is 0 Å². The largest absolute Gasteiger partial charge is 0.348 e. The number of hydrogen-bond donors (Lipinski definition) is 2. The zero-order valence-corrected chi connectivity index (χ0v) is 13.6. The van der Waals surface area contributed by atoms with Crippen molar-refractivity contribution in [2.24, 2.45) is 0 Å². The number of carbonyl (C=O) groups is 1. The van der Waals surface area contributed by atoms with Gasteiger partial charge >= 0.3 is 0 Å². The lowest BCUT2D eigenvalue weighted by atomic mass is 10.1. The van der Waals surface area contributed by atoms with Crippen LogP contribution in [0.15, 0.2) is 29.8 Å². The standard InChI is InChI=1S/C16H22N4OS/c1-12(10-14-5-3-9-22-14)18-16(21)15-6-8-20(19-15)13-4-2-7-17-11-13/h3,5-6,8-9,12-13,17H,2,4,7,10-11H2,1H3,(H,18,21). The lowest BCUT2D eigenvalue weighted by molar-refractivity contribution is 0.0934. The van der Waals surface area contributed by atoms with Crippen molar-refractivity contribution in [2.75, 3.05) is 13.1 Å². The number of carbonyl (C=O) groups excluding carboxylic acids is 1. The molecule has 2 aromatic rings. The number of nitrogens with zero attached hydrogens (tertiary/aromatic N) is 2. The second kappa shape index (κ2) is 7.07. The molecule has 0 radical (unpaired) electrons. The summed E-state index contributed by atoms with van der Waals surface area (Å²) in [4.78, 5) is 13.6. The molecule has 22 heavy (non-hydrogen) atoms. The van der Waals surface area contributed by atoms with Crippen molar-refractivity contribution < 1.29 is 4.79 Å². The molecular formula is C16H22N4OS. The summed E-state index contributed by atoms with van der Waals surface area (Å²) in [7, 11) is 0. The van der Waals surface area contributed by atoms with Gasteiger partial charge in [0.05, 0.1) is 6.04 Å². The Kier molecular flexibility index (Phi) is 4.90. The Morgan fingerprint density at radius 1 is 1.59 bits per heavy atom. The number of aromatic nitrogens is 2. The van der Waals surface area contributed by atoms with Crippen molar-refractivity contribution in [1.82, 2.24) is 20.4 Å². The minimum atomic E-state index is -0.0911. The van der Waals surface area contributed by atoms with Crippen LogP contribution in [0.3, 0.4) is 0 Å². The summed E-state index contributed by atoms with van der Waals surface area (Å²) in [6, 6.07) is 6.40. The molecule has 2 atom stereocenters. The van der Waals surface area contributed by atoms with Crippen molar-refractivity contribution in [3.05, 3.63) is 40.3 Å². The van der Waals surface area contributed by atoms with Crippen LogP contribution >= 0.6 is 11.3 Å². The molecule has 1 aliphatic rings. The molecule has 1 fully saturated rings. The summed E-state index contributed by atoms with van der Waals surface area (Å²) in [5.41, 5.74) is 0.503. The maximum absolute atomic E-state index is 12.3. The average molecular weight is 318 g/mol. The van der Waals surface area contributed by atoms with Gasteiger partial charge in [-0.2, -0.15) is 5.10 Å². The molecule has 3 heterocycles. The molecule has 1 amide bonds. The normalized spacial score (nSPS) is 19.8. The molecule has 3 rings (SSSR count). The van der Waals surface area contributed by atoms with Crippen LogP contribution in [0.4, 0.5) is 0 Å². The number of hydrogen-bond acceptors (Lipinski definition) is 4. The predicted molar refractivity (Wildman–Crippen MR) is 88.3 cm³/mol. The predicted octanol–water partition coefficient (Wildman–Crippen LogP) is 2.23. The first-order chi connectivity index (χ1) is 10.7. The molecule has 0 saturated carbocycles. The van der Waals surface area contributed by atoms with Crippen molar-refractivity contribution >= 4 is 17.2 Å². The molecule has 2 unspecified atom stereocenters. The maximum atomic E-state index is 12.3. The average Bonchev–Trinajstić information content (AvgIpc) is 3.19. The van der Waals surface area contributed by atoms with Crippen LogP contribution in [0.1, 0.15) is 41.2 Å². The van der Waals surface area contributed by atoms with Crippen LogP contribution in [0, 0.1) is 0 Å². The summed E-state index contributed by atoms with van der Waals surface area (Å²) >= 11 is 1.72. The summed E-state index contributed by atoms with van der Waals surface area (Å²) in [6.45, 7) is 4.03. The second-order valence-corrected chi connectivity index (χ2v) is 6.87. The topological polar surface area (TPSA) is 59.0 Å². The smallest absolute Gasteiger partial charge is 0.271 e. The Hall–Kier alpha value is -1.66. The maximum Gasteiger partial charge on any atom is 0.271 e. The summed E-state index contributed by atoms with van der Waals surface area (Å²) in [5, 5.41) is 12.9. The zero-order chi connectivity index (χ0) is 15.4. The van der Waals surface area contributed by atoms with Crippen LogP contribution in [0.2, 0.25) is 0 Å². The van der Waals surface area contributed by atoms with E-state index >= 15 is 0 Å². The Morgan fingerprint density at radius 3 is 3.23 bits per heavy atom. The van der Waals surface area contributed by atoms with Gasteiger partial charge in [0.1, 0.15) is 5.69 Å². The van der Waals surface area contributed by atoms with E-state index in [9.17, 15) is 4.79 Å². The highest BCUT2D eigenvalue weighted by atomic mass is 32.1. The van der Waals surface area contributed by atoms with Gasteiger partial charge in [-0.3, -0.25) is 9.48 Å². The third kappa shape index (κ3) is 3.75. The van der Waals surface area contributed by atoms with Crippen LogP contribution in [-0.2, 0) is 6.42 Å². The quantitative estimate of drug-likeness (QED) is 0.889. The molecule has 2 N–H and O–H groups in total. The van der Waals surface area contributed by atoms with Crippen LogP contribution in [0.25, 0.3) is 0 Å². The first-order valence-electron chi connectivity index (χ1n) is 7.81. The van der Waals surface area contributed by atoms with E-state index in [0.29, 0.717) is 11.7 Å². The third-order valence-electron chi connectivity index (χ3n) is 3.95. The van der Waals surface area contributed by atoms with Crippen LogP contribution in [-0.4, -0.2) is 34.8 Å². The fourth-order valence-corrected chi connectivity index (χ4v) is 3.64. The summed E-state index contributed by atoms with van der Waals surface area (Å²) < 4.78 is 1.92. The van der Waals surface area contributed by atoms with E-state index in [0.717, 1.165) is 32.4 Å². The summed E-state index contributed by atoms with van der Waals surface area (Å²) in [5.74, 6) is -0.0911. The van der Waals surface area contributed by atoms with Crippen molar-refractivity contribution in [2.45, 2.75) is 38.3 Å². The Balaban J connectivity index is 1.56. The van der Waals surface area contributed by atoms with E-state index in [2.05, 4.69) is 27.2 Å². The van der Waals surface area contributed by atoms with Gasteiger partial charge in [-0.1, -0.05) is 6.07 Å². The van der Waals surface area contributed by atoms with Crippen molar-refractivity contribution in [3.8, 4) is 0 Å². The first-order valence-corrected chi connectivity index (χ1v) is 8.69. The lowest BCUT2D eigenvalue weighted by Gasteiger charge is -2.22. The molecular weight excluding hydrogens is 296 g/mol. The highest BCUT2D eigenvalue weighted by Crippen LogP contribution is 2.16. The van der Waals surface area contributed by atoms with Gasteiger partial charge in [-0.05, 0) is 43.8 Å². The first kappa shape index (κ1) is 15.2. The van der Waals surface area contributed by atoms with Gasteiger partial charge in [0.25, 0.3) is 5.91 Å². The van der Waals surface area contributed by atoms with Crippen molar-refractivity contribution in [3.63, 3.8) is 0 Å². The van der Waals surface area contributed by atoms with Gasteiger partial charge in [-0.25, -0.2) is 0 Å². The zero-order valence-electron chi connectivity index (χ0n) is 12.8. The highest BCUT2D eigenvalue weighted by Gasteiger charge is 2.18. The van der Waals surface area contributed by atoms with Crippen molar-refractivity contribution in [1.29, 1.82) is 0 Å². The second-order valence-electron chi connectivity index (χ2n) is 5.84. The van der Waals surface area contributed by atoms with E-state index in [1.54, 1.807) is 11.3 Å². The van der Waals surface area contributed by atoms with Gasteiger partial charge in [0.2, 0.25) is 0 Å². The van der Waals surface area contributed by atoms with Gasteiger partial charge in [-0.15, -0.1) is 11.3 Å². The molecule has 6 heteroatoms. The number of amides is 1. The SMILES string of the molecule is CC(Cc1cccs1)NC(=O)c1ccn(C2CCCNC2)n1. The molecule has 2 aromatic heterocycles. The van der Waals surface area contributed by atoms with Gasteiger partial charge in [0, 0.05) is 30.1 Å². The molecule has 118 valence electrons. The third-order valence-corrected chi connectivity index (χ3v) is 4.85. The Morgan fingerprint density at radius 2 is 2.50 bits per heavy atom.